The minimum absolute atomic E-state index is 0.528. The molecule has 2 heteroatoms. The molecule has 1 aliphatic carbocycles. The molecule has 0 spiro atoms. The topological polar surface area (TPSA) is 23.5 Å². The van der Waals surface area contributed by atoms with Gasteiger partial charge in [-0.05, 0) is 52.0 Å². The number of nitrogens with zero attached hydrogens (tertiary/aromatic N) is 1. The van der Waals surface area contributed by atoms with Crippen LogP contribution < -0.4 is 0 Å². The summed E-state index contributed by atoms with van der Waals surface area (Å²) in [5.74, 6) is 0.926. The summed E-state index contributed by atoms with van der Waals surface area (Å²) < 4.78 is 0. The third-order valence-corrected chi connectivity index (χ3v) is 3.95. The average Bonchev–Trinajstić information content (AvgIpc) is 2.16. The largest absolute Gasteiger partial charge is 0.389 e. The Hall–Kier alpha value is -0.0800. The van der Waals surface area contributed by atoms with Crippen molar-refractivity contribution < 1.29 is 5.11 Å². The van der Waals surface area contributed by atoms with E-state index in [-0.39, 0.29) is 0 Å². The predicted octanol–water partition coefficient (Wildman–Crippen LogP) is 2.41. The van der Waals surface area contributed by atoms with Crippen molar-refractivity contribution in [1.82, 2.24) is 4.90 Å². The van der Waals surface area contributed by atoms with Gasteiger partial charge in [-0.3, -0.25) is 4.90 Å². The molecule has 0 amide bonds. The molecule has 0 aromatic rings. The molecule has 1 N–H and O–H groups in total. The quantitative estimate of drug-likeness (QED) is 0.758. The van der Waals surface area contributed by atoms with Crippen molar-refractivity contribution in [3.63, 3.8) is 0 Å². The van der Waals surface area contributed by atoms with E-state index in [0.717, 1.165) is 18.5 Å². The van der Waals surface area contributed by atoms with Crippen LogP contribution in [0, 0.1) is 5.92 Å². The summed E-state index contributed by atoms with van der Waals surface area (Å²) in [6.07, 6.45) is 8.36. The SMILES string of the molecule is CC(C)(O)CN1CCCC2CCCCC21. The van der Waals surface area contributed by atoms with Gasteiger partial charge in [0.05, 0.1) is 5.60 Å². The molecule has 2 rings (SSSR count). The molecule has 1 saturated heterocycles. The van der Waals surface area contributed by atoms with E-state index in [0.29, 0.717) is 0 Å². The van der Waals surface area contributed by atoms with Crippen molar-refractivity contribution >= 4 is 0 Å². The zero-order valence-corrected chi connectivity index (χ0v) is 10.2. The van der Waals surface area contributed by atoms with Gasteiger partial charge in [0.25, 0.3) is 0 Å². The van der Waals surface area contributed by atoms with Gasteiger partial charge in [-0.2, -0.15) is 0 Å². The van der Waals surface area contributed by atoms with Gasteiger partial charge < -0.3 is 5.11 Å². The number of fused-ring (bicyclic) bond motifs is 1. The van der Waals surface area contributed by atoms with Crippen LogP contribution in [0.2, 0.25) is 0 Å². The first-order chi connectivity index (χ1) is 7.06. The smallest absolute Gasteiger partial charge is 0.0718 e. The van der Waals surface area contributed by atoms with Crippen LogP contribution in [0.1, 0.15) is 52.4 Å². The van der Waals surface area contributed by atoms with Crippen LogP contribution >= 0.6 is 0 Å². The molecule has 2 unspecified atom stereocenters. The van der Waals surface area contributed by atoms with Crippen molar-refractivity contribution in [3.05, 3.63) is 0 Å². The number of rotatable bonds is 2. The Bertz CT molecular complexity index is 207. The second kappa shape index (κ2) is 4.42. The summed E-state index contributed by atoms with van der Waals surface area (Å²) in [7, 11) is 0. The highest BCUT2D eigenvalue weighted by Gasteiger charge is 2.34. The number of β-amino-alcohol motifs (C(OH)–C–C–N with tert-alkyl or cyclic N) is 1. The molecule has 2 atom stereocenters. The highest BCUT2D eigenvalue weighted by Crippen LogP contribution is 2.35. The molecule has 1 aliphatic heterocycles. The van der Waals surface area contributed by atoms with Gasteiger partial charge >= 0.3 is 0 Å². The predicted molar refractivity (Wildman–Crippen MR) is 62.9 cm³/mol. The summed E-state index contributed by atoms with van der Waals surface area (Å²) >= 11 is 0. The van der Waals surface area contributed by atoms with Crippen molar-refractivity contribution in [2.75, 3.05) is 13.1 Å². The van der Waals surface area contributed by atoms with Gasteiger partial charge in [0.1, 0.15) is 0 Å². The highest BCUT2D eigenvalue weighted by atomic mass is 16.3. The van der Waals surface area contributed by atoms with Gasteiger partial charge in [-0.15, -0.1) is 0 Å². The fourth-order valence-corrected chi connectivity index (χ4v) is 3.42. The highest BCUT2D eigenvalue weighted by molar-refractivity contribution is 4.89. The first kappa shape index (κ1) is 11.4. The van der Waals surface area contributed by atoms with E-state index in [9.17, 15) is 5.11 Å². The lowest BCUT2D eigenvalue weighted by atomic mass is 9.78. The van der Waals surface area contributed by atoms with Gasteiger partial charge in [0, 0.05) is 12.6 Å². The molecule has 0 bridgehead atoms. The molecule has 2 aliphatic rings. The normalized spacial score (nSPS) is 33.8. The lowest BCUT2D eigenvalue weighted by Crippen LogP contribution is -2.51. The lowest BCUT2D eigenvalue weighted by molar-refractivity contribution is -0.0168. The van der Waals surface area contributed by atoms with Gasteiger partial charge in [0.2, 0.25) is 0 Å². The van der Waals surface area contributed by atoms with E-state index in [1.807, 2.05) is 13.8 Å². The van der Waals surface area contributed by atoms with Crippen LogP contribution in [-0.4, -0.2) is 34.7 Å². The van der Waals surface area contributed by atoms with Crippen LogP contribution in [0.25, 0.3) is 0 Å². The third kappa shape index (κ3) is 2.94. The van der Waals surface area contributed by atoms with Crippen molar-refractivity contribution in [3.8, 4) is 0 Å². The van der Waals surface area contributed by atoms with E-state index < -0.39 is 5.60 Å². The molecule has 2 nitrogen and oxygen atoms in total. The molecule has 1 saturated carbocycles. The maximum absolute atomic E-state index is 9.92. The van der Waals surface area contributed by atoms with Crippen molar-refractivity contribution in [2.45, 2.75) is 64.0 Å². The third-order valence-electron chi connectivity index (χ3n) is 3.95. The zero-order chi connectivity index (χ0) is 10.9. The number of hydrogen-bond donors (Lipinski definition) is 1. The summed E-state index contributed by atoms with van der Waals surface area (Å²) in [4.78, 5) is 2.55. The maximum atomic E-state index is 9.92. The monoisotopic (exact) mass is 211 g/mol. The fraction of sp³-hybridized carbons (Fsp3) is 1.00. The lowest BCUT2D eigenvalue weighted by Gasteiger charge is -2.45. The minimum atomic E-state index is -0.528. The number of piperidine rings is 1. The number of aliphatic hydroxyl groups is 1. The van der Waals surface area contributed by atoms with Crippen LogP contribution in [-0.2, 0) is 0 Å². The van der Waals surface area contributed by atoms with E-state index >= 15 is 0 Å². The van der Waals surface area contributed by atoms with Crippen LogP contribution in [0.5, 0.6) is 0 Å². The molecule has 2 fully saturated rings. The summed E-state index contributed by atoms with van der Waals surface area (Å²) in [5.41, 5.74) is -0.528. The zero-order valence-electron chi connectivity index (χ0n) is 10.2. The second-order valence-electron chi connectivity index (χ2n) is 6.04. The molecular weight excluding hydrogens is 186 g/mol. The molecule has 0 aromatic heterocycles. The fourth-order valence-electron chi connectivity index (χ4n) is 3.42. The van der Waals surface area contributed by atoms with E-state index in [1.54, 1.807) is 0 Å². The molecular formula is C13H25NO. The number of likely N-dealkylation sites (tertiary alicyclic amines) is 1. The Morgan fingerprint density at radius 1 is 1.13 bits per heavy atom. The Balaban J connectivity index is 1.97. The van der Waals surface area contributed by atoms with Crippen LogP contribution in [0.4, 0.5) is 0 Å². The molecule has 0 radical (unpaired) electrons. The van der Waals surface area contributed by atoms with E-state index in [4.69, 9.17) is 0 Å². The van der Waals surface area contributed by atoms with E-state index in [1.165, 1.54) is 45.1 Å². The van der Waals surface area contributed by atoms with Gasteiger partial charge in [0.15, 0.2) is 0 Å². The summed E-state index contributed by atoms with van der Waals surface area (Å²) in [6.45, 7) is 5.91. The molecule has 0 aromatic carbocycles. The van der Waals surface area contributed by atoms with Crippen molar-refractivity contribution in [1.29, 1.82) is 0 Å². The molecule has 1 heterocycles. The Morgan fingerprint density at radius 2 is 1.80 bits per heavy atom. The van der Waals surface area contributed by atoms with Gasteiger partial charge in [-0.25, -0.2) is 0 Å². The standard InChI is InChI=1S/C13H25NO/c1-13(2,15)10-14-9-5-7-11-6-3-4-8-12(11)14/h11-12,15H,3-10H2,1-2H3. The first-order valence-corrected chi connectivity index (χ1v) is 6.53. The number of hydrogen-bond acceptors (Lipinski definition) is 2. The van der Waals surface area contributed by atoms with Crippen molar-refractivity contribution in [2.24, 2.45) is 5.92 Å². The summed E-state index contributed by atoms with van der Waals surface area (Å²) in [6, 6.07) is 0.777. The Labute approximate surface area is 93.7 Å². The maximum Gasteiger partial charge on any atom is 0.0718 e. The molecule has 15 heavy (non-hydrogen) atoms. The molecule has 88 valence electrons. The van der Waals surface area contributed by atoms with Crippen LogP contribution in [0.3, 0.4) is 0 Å². The average molecular weight is 211 g/mol. The van der Waals surface area contributed by atoms with Gasteiger partial charge in [-0.1, -0.05) is 12.8 Å². The summed E-state index contributed by atoms with van der Waals surface area (Å²) in [5, 5.41) is 9.92. The minimum Gasteiger partial charge on any atom is -0.389 e. The second-order valence-corrected chi connectivity index (χ2v) is 6.04. The first-order valence-electron chi connectivity index (χ1n) is 6.53. The Kier molecular flexibility index (Phi) is 3.36. The Morgan fingerprint density at radius 3 is 2.53 bits per heavy atom. The van der Waals surface area contributed by atoms with E-state index in [2.05, 4.69) is 4.90 Å². The van der Waals surface area contributed by atoms with Crippen LogP contribution in [0.15, 0.2) is 0 Å².